The van der Waals surface area contributed by atoms with Crippen LogP contribution in [0.25, 0.3) is 0 Å². The van der Waals surface area contributed by atoms with Gasteiger partial charge in [0.1, 0.15) is 0 Å². The van der Waals surface area contributed by atoms with Crippen LogP contribution in [-0.2, 0) is 9.53 Å². The molecule has 1 fully saturated rings. The molecule has 2 atom stereocenters. The highest BCUT2D eigenvalue weighted by Gasteiger charge is 2.32. The Morgan fingerprint density at radius 2 is 2.15 bits per heavy atom. The minimum Gasteiger partial charge on any atom is -0.469 e. The molecule has 0 saturated carbocycles. The largest absolute Gasteiger partial charge is 0.469 e. The second-order valence-electron chi connectivity index (χ2n) is 5.82. The number of piperidine rings is 1. The van der Waals surface area contributed by atoms with Crippen molar-refractivity contribution in [1.82, 2.24) is 4.90 Å². The van der Waals surface area contributed by atoms with Gasteiger partial charge in [-0.1, -0.05) is 30.3 Å². The molecule has 110 valence electrons. The molecule has 0 radical (unpaired) electrons. The average Bonchev–Trinajstić information content (AvgIpc) is 2.44. The fourth-order valence-corrected chi connectivity index (χ4v) is 2.88. The zero-order valence-corrected chi connectivity index (χ0v) is 12.2. The summed E-state index contributed by atoms with van der Waals surface area (Å²) in [4.78, 5) is 14.2. The van der Waals surface area contributed by atoms with Crippen LogP contribution >= 0.6 is 0 Å². The van der Waals surface area contributed by atoms with Crippen LogP contribution < -0.4 is 0 Å². The Kier molecular flexibility index (Phi) is 4.78. The molecule has 4 nitrogen and oxygen atoms in total. The van der Waals surface area contributed by atoms with E-state index in [2.05, 4.69) is 4.90 Å². The molecule has 0 amide bonds. The molecule has 1 heterocycles. The molecule has 0 bridgehead atoms. The van der Waals surface area contributed by atoms with Crippen LogP contribution in [0.2, 0.25) is 0 Å². The average molecular weight is 277 g/mol. The van der Waals surface area contributed by atoms with E-state index in [0.29, 0.717) is 13.1 Å². The van der Waals surface area contributed by atoms with Crippen molar-refractivity contribution in [3.63, 3.8) is 0 Å². The second kappa shape index (κ2) is 6.37. The van der Waals surface area contributed by atoms with E-state index < -0.39 is 5.60 Å². The first-order chi connectivity index (χ1) is 9.52. The normalized spacial score (nSPS) is 25.1. The molecule has 2 rings (SSSR count). The number of benzene rings is 1. The molecule has 0 aliphatic carbocycles. The SMILES string of the molecule is COC(=O)C(CN1CCCC(C)(O)C1)c1ccccc1. The van der Waals surface area contributed by atoms with Gasteiger partial charge in [-0.25, -0.2) is 0 Å². The summed E-state index contributed by atoms with van der Waals surface area (Å²) in [6, 6.07) is 9.69. The summed E-state index contributed by atoms with van der Waals surface area (Å²) >= 11 is 0. The summed E-state index contributed by atoms with van der Waals surface area (Å²) in [5.41, 5.74) is 0.305. The highest BCUT2D eigenvalue weighted by Crippen LogP contribution is 2.24. The van der Waals surface area contributed by atoms with Crippen LogP contribution in [0.15, 0.2) is 30.3 Å². The number of β-amino-alcohol motifs (C(OH)–C–C–N with tert-alkyl or cyclic N) is 1. The molecule has 1 aromatic carbocycles. The van der Waals surface area contributed by atoms with Crippen LogP contribution in [0.4, 0.5) is 0 Å². The number of hydrogen-bond acceptors (Lipinski definition) is 4. The lowest BCUT2D eigenvalue weighted by molar-refractivity contribution is -0.143. The molecule has 1 aliphatic heterocycles. The maximum absolute atomic E-state index is 12.0. The number of likely N-dealkylation sites (tertiary alicyclic amines) is 1. The van der Waals surface area contributed by atoms with Gasteiger partial charge in [-0.15, -0.1) is 0 Å². The first-order valence-electron chi connectivity index (χ1n) is 7.09. The maximum Gasteiger partial charge on any atom is 0.314 e. The van der Waals surface area contributed by atoms with E-state index in [1.165, 1.54) is 7.11 Å². The highest BCUT2D eigenvalue weighted by atomic mass is 16.5. The predicted octanol–water partition coefficient (Wildman–Crippen LogP) is 1.79. The van der Waals surface area contributed by atoms with E-state index in [1.807, 2.05) is 37.3 Å². The van der Waals surface area contributed by atoms with E-state index in [9.17, 15) is 9.90 Å². The fourth-order valence-electron chi connectivity index (χ4n) is 2.88. The Balaban J connectivity index is 2.11. The van der Waals surface area contributed by atoms with Crippen molar-refractivity contribution in [2.24, 2.45) is 0 Å². The molecule has 0 aromatic heterocycles. The standard InChI is InChI=1S/C16H23NO3/c1-16(19)9-6-10-17(12-16)11-14(15(18)20-2)13-7-4-3-5-8-13/h3-5,7-8,14,19H,6,9-12H2,1-2H3. The summed E-state index contributed by atoms with van der Waals surface area (Å²) in [5.74, 6) is -0.517. The number of nitrogens with zero attached hydrogens (tertiary/aromatic N) is 1. The zero-order chi connectivity index (χ0) is 14.6. The highest BCUT2D eigenvalue weighted by molar-refractivity contribution is 5.78. The van der Waals surface area contributed by atoms with Gasteiger partial charge in [0.2, 0.25) is 0 Å². The van der Waals surface area contributed by atoms with Crippen molar-refractivity contribution in [3.05, 3.63) is 35.9 Å². The van der Waals surface area contributed by atoms with Gasteiger partial charge in [0.25, 0.3) is 0 Å². The van der Waals surface area contributed by atoms with Gasteiger partial charge in [-0.05, 0) is 31.9 Å². The van der Waals surface area contributed by atoms with Crippen LogP contribution in [0.3, 0.4) is 0 Å². The third-order valence-electron chi connectivity index (χ3n) is 3.88. The molecule has 2 unspecified atom stereocenters. The Labute approximate surface area is 120 Å². The molecule has 1 N–H and O–H groups in total. The number of aliphatic hydroxyl groups is 1. The quantitative estimate of drug-likeness (QED) is 0.853. The molecular formula is C16H23NO3. The van der Waals surface area contributed by atoms with E-state index >= 15 is 0 Å². The fraction of sp³-hybridized carbons (Fsp3) is 0.562. The van der Waals surface area contributed by atoms with Crippen LogP contribution in [-0.4, -0.2) is 48.3 Å². The Morgan fingerprint density at radius 3 is 2.75 bits per heavy atom. The number of ether oxygens (including phenoxy) is 1. The van der Waals surface area contributed by atoms with Crippen LogP contribution in [0.1, 0.15) is 31.2 Å². The molecule has 1 aromatic rings. The summed E-state index contributed by atoms with van der Waals surface area (Å²) < 4.78 is 4.93. The predicted molar refractivity (Wildman–Crippen MR) is 77.5 cm³/mol. The Morgan fingerprint density at radius 1 is 1.45 bits per heavy atom. The van der Waals surface area contributed by atoms with Gasteiger partial charge in [-0.2, -0.15) is 0 Å². The van der Waals surface area contributed by atoms with Gasteiger partial charge in [0.15, 0.2) is 0 Å². The minimum atomic E-state index is -0.657. The lowest BCUT2D eigenvalue weighted by atomic mass is 9.92. The first-order valence-corrected chi connectivity index (χ1v) is 7.09. The lowest BCUT2D eigenvalue weighted by Gasteiger charge is -2.38. The summed E-state index contributed by atoms with van der Waals surface area (Å²) in [6.07, 6.45) is 1.77. The smallest absolute Gasteiger partial charge is 0.314 e. The monoisotopic (exact) mass is 277 g/mol. The molecule has 20 heavy (non-hydrogen) atoms. The second-order valence-corrected chi connectivity index (χ2v) is 5.82. The van der Waals surface area contributed by atoms with Crippen molar-refractivity contribution >= 4 is 5.97 Å². The van der Waals surface area contributed by atoms with Crippen molar-refractivity contribution in [2.45, 2.75) is 31.3 Å². The van der Waals surface area contributed by atoms with E-state index in [1.54, 1.807) is 0 Å². The summed E-state index contributed by atoms with van der Waals surface area (Å²) in [7, 11) is 1.42. The van der Waals surface area contributed by atoms with Gasteiger partial charge < -0.3 is 9.84 Å². The number of carbonyl (C=O) groups is 1. The zero-order valence-electron chi connectivity index (χ0n) is 12.2. The van der Waals surface area contributed by atoms with Gasteiger partial charge in [-0.3, -0.25) is 9.69 Å². The van der Waals surface area contributed by atoms with Gasteiger partial charge in [0, 0.05) is 13.1 Å². The molecule has 1 aliphatic rings. The Hall–Kier alpha value is -1.39. The number of rotatable bonds is 4. The summed E-state index contributed by atoms with van der Waals surface area (Å²) in [5, 5.41) is 10.2. The minimum absolute atomic E-state index is 0.221. The van der Waals surface area contributed by atoms with Crippen molar-refractivity contribution in [2.75, 3.05) is 26.7 Å². The molecular weight excluding hydrogens is 254 g/mol. The van der Waals surface area contributed by atoms with Crippen LogP contribution in [0, 0.1) is 0 Å². The van der Waals surface area contributed by atoms with Gasteiger partial charge in [0.05, 0.1) is 18.6 Å². The number of esters is 1. The third kappa shape index (κ3) is 3.81. The summed E-state index contributed by atoms with van der Waals surface area (Å²) in [6.45, 7) is 3.96. The number of hydrogen-bond donors (Lipinski definition) is 1. The molecule has 4 heteroatoms. The Bertz CT molecular complexity index is 444. The van der Waals surface area contributed by atoms with Crippen molar-refractivity contribution < 1.29 is 14.6 Å². The van der Waals surface area contributed by atoms with E-state index in [4.69, 9.17) is 4.74 Å². The van der Waals surface area contributed by atoms with E-state index in [-0.39, 0.29) is 11.9 Å². The van der Waals surface area contributed by atoms with E-state index in [0.717, 1.165) is 24.9 Å². The third-order valence-corrected chi connectivity index (χ3v) is 3.88. The number of methoxy groups -OCH3 is 1. The first kappa shape index (κ1) is 15.0. The maximum atomic E-state index is 12.0. The lowest BCUT2D eigenvalue weighted by Crippen LogP contribution is -2.48. The topological polar surface area (TPSA) is 49.8 Å². The molecule has 0 spiro atoms. The van der Waals surface area contributed by atoms with Crippen molar-refractivity contribution in [3.8, 4) is 0 Å². The number of carbonyl (C=O) groups excluding carboxylic acids is 1. The van der Waals surface area contributed by atoms with Gasteiger partial charge >= 0.3 is 5.97 Å². The molecule has 1 saturated heterocycles. The van der Waals surface area contributed by atoms with Crippen molar-refractivity contribution in [1.29, 1.82) is 0 Å². The van der Waals surface area contributed by atoms with Crippen LogP contribution in [0.5, 0.6) is 0 Å².